The minimum Gasteiger partial charge on any atom is -0.330 e. The van der Waals surface area contributed by atoms with E-state index in [1.807, 2.05) is 24.3 Å². The number of anilines is 4. The molecule has 0 radical (unpaired) electrons. The molecule has 0 N–H and O–H groups in total. The lowest BCUT2D eigenvalue weighted by molar-refractivity contribution is 0.773. The molecule has 8 aromatic carbocycles. The molecule has 4 aliphatic rings. The highest BCUT2D eigenvalue weighted by Crippen LogP contribution is 2.53. The zero-order valence-electron chi connectivity index (χ0n) is 51.9. The minimum atomic E-state index is -1.91. The molecule has 4 nitrogen and oxygen atoms in total. The van der Waals surface area contributed by atoms with Gasteiger partial charge in [0.25, 0.3) is 0 Å². The molecule has 8 heteroatoms. The van der Waals surface area contributed by atoms with E-state index in [1.54, 1.807) is 0 Å². The van der Waals surface area contributed by atoms with Gasteiger partial charge in [-0.1, -0.05) is 269 Å². The van der Waals surface area contributed by atoms with E-state index < -0.39 is 32.3 Å². The molecule has 0 spiro atoms. The molecule has 0 aromatic heterocycles. The lowest BCUT2D eigenvalue weighted by Gasteiger charge is -2.44. The quantitative estimate of drug-likeness (QED) is 0.0804. The fraction of sp³-hybridized carbons (Fsp3) is 0.179. The van der Waals surface area contributed by atoms with Crippen LogP contribution in [0.4, 0.5) is 28.4 Å². The number of allylic oxidation sites excluding steroid dienone is 10. The number of rotatable bonds is 14. The number of nitrogens with zero attached hydrogens (tertiary/aromatic N) is 4. The molecular formula is C78H76N4Si4. The number of hydrogen-bond donors (Lipinski definition) is 0. The van der Waals surface area contributed by atoms with Crippen molar-refractivity contribution in [2.24, 2.45) is 5.92 Å². The molecule has 86 heavy (non-hydrogen) atoms. The van der Waals surface area contributed by atoms with Crippen LogP contribution in [0.5, 0.6) is 0 Å². The zero-order valence-corrected chi connectivity index (χ0v) is 55.9. The van der Waals surface area contributed by atoms with Crippen LogP contribution in [0, 0.1) is 23.8 Å². The maximum absolute atomic E-state index is 10.6. The summed E-state index contributed by atoms with van der Waals surface area (Å²) in [5, 5.41) is 16.3. The molecule has 424 valence electrons. The summed E-state index contributed by atoms with van der Waals surface area (Å²) in [4.78, 5) is 9.00. The molecule has 0 saturated heterocycles. The second-order valence-electron chi connectivity index (χ2n) is 27.5. The fourth-order valence-corrected chi connectivity index (χ4v) is 20.1. The van der Waals surface area contributed by atoms with Crippen LogP contribution in [-0.4, -0.2) is 38.3 Å². The number of nitriles is 1. The average molecular weight is 1180 g/mol. The van der Waals surface area contributed by atoms with Crippen molar-refractivity contribution in [3.05, 3.63) is 281 Å². The van der Waals surface area contributed by atoms with E-state index in [4.69, 9.17) is 6.57 Å². The lowest BCUT2D eigenvalue weighted by Crippen LogP contribution is -2.40. The molecule has 8 aromatic rings. The first-order valence-electron chi connectivity index (χ1n) is 30.3. The molecule has 0 fully saturated rings. The van der Waals surface area contributed by atoms with Gasteiger partial charge in [-0.3, -0.25) is 0 Å². The van der Waals surface area contributed by atoms with Crippen LogP contribution in [-0.2, 0) is 0 Å². The lowest BCUT2D eigenvalue weighted by atomic mass is 9.67. The van der Waals surface area contributed by atoms with E-state index in [-0.39, 0.29) is 12.0 Å². The second-order valence-corrected chi connectivity index (χ2v) is 47.7. The van der Waals surface area contributed by atoms with Crippen molar-refractivity contribution in [1.29, 1.82) is 5.26 Å². The normalized spacial score (nSPS) is 16.3. The Kier molecular flexibility index (Phi) is 15.0. The van der Waals surface area contributed by atoms with E-state index >= 15 is 0 Å². The Bertz CT molecular complexity index is 4390. The Hall–Kier alpha value is -8.61. The molecule has 0 amide bonds. The molecular weight excluding hydrogens is 1110 g/mol. The summed E-state index contributed by atoms with van der Waals surface area (Å²) in [6.07, 6.45) is 18.8. The van der Waals surface area contributed by atoms with Crippen molar-refractivity contribution in [1.82, 2.24) is 0 Å². The van der Waals surface area contributed by atoms with Gasteiger partial charge in [-0.25, -0.2) is 4.85 Å². The third-order valence-corrected chi connectivity index (χ3v) is 25.8. The first-order valence-corrected chi connectivity index (χ1v) is 44.3. The molecule has 0 heterocycles. The van der Waals surface area contributed by atoms with Gasteiger partial charge in [-0.15, -0.1) is 0 Å². The van der Waals surface area contributed by atoms with Crippen molar-refractivity contribution >= 4 is 81.5 Å². The smallest absolute Gasteiger partial charge is 0.189 e. The van der Waals surface area contributed by atoms with Gasteiger partial charge >= 0.3 is 0 Å². The number of hydrogen-bond acceptors (Lipinski definition) is 3. The van der Waals surface area contributed by atoms with Crippen molar-refractivity contribution in [3.8, 4) is 50.6 Å². The van der Waals surface area contributed by atoms with Gasteiger partial charge in [0.2, 0.25) is 0 Å². The fourth-order valence-electron chi connectivity index (χ4n) is 13.6. The second kappa shape index (κ2) is 22.3. The molecule has 0 saturated carbocycles. The van der Waals surface area contributed by atoms with Crippen LogP contribution in [0.2, 0.25) is 78.6 Å². The van der Waals surface area contributed by atoms with E-state index in [2.05, 4.69) is 306 Å². The van der Waals surface area contributed by atoms with E-state index in [9.17, 15) is 5.26 Å². The van der Waals surface area contributed by atoms with Crippen LogP contribution < -0.4 is 30.5 Å². The van der Waals surface area contributed by atoms with Gasteiger partial charge < -0.3 is 9.80 Å². The monoisotopic (exact) mass is 1180 g/mol. The van der Waals surface area contributed by atoms with E-state index in [1.165, 1.54) is 93.1 Å². The van der Waals surface area contributed by atoms with Crippen LogP contribution >= 0.6 is 0 Å². The molecule has 0 aliphatic heterocycles. The summed E-state index contributed by atoms with van der Waals surface area (Å²) in [5.74, 6) is -0.0885. The summed E-state index contributed by atoms with van der Waals surface area (Å²) >= 11 is 0. The first kappa shape index (κ1) is 57.8. The molecule has 12 rings (SSSR count). The van der Waals surface area contributed by atoms with Gasteiger partial charge in [0, 0.05) is 34.1 Å². The standard InChI is InChI=1S/C78H76N4Si4/c1-80-58-25-23-27-60(51-58)82(72-47-41-57(62-29-15-19-33-74(62)84(5,6)7)50-68(72)64-31-17-21-35-76(64)86(11,12)13)70-45-39-55-36-42-65-69(44-38-54-37-43-66(70)78(55)77(54)65)81(59-26-22-24-53(48-59)52-79)71-46-40-56(61-28-14-18-32-73(61)83(2,3)4)49-67(71)63-30-16-20-34-75(63)85(8,9)10/h14-51,69,78H,2-13H3. The van der Waals surface area contributed by atoms with Crippen LogP contribution in [0.1, 0.15) is 5.56 Å². The summed E-state index contributed by atoms with van der Waals surface area (Å²) < 4.78 is 0. The van der Waals surface area contributed by atoms with Gasteiger partial charge in [0.15, 0.2) is 5.69 Å². The van der Waals surface area contributed by atoms with Gasteiger partial charge in [-0.2, -0.15) is 5.26 Å². The maximum Gasteiger partial charge on any atom is 0.189 e. The highest BCUT2D eigenvalue weighted by atomic mass is 28.3. The zero-order chi connectivity index (χ0) is 60.5. The highest BCUT2D eigenvalue weighted by Gasteiger charge is 2.41. The maximum atomic E-state index is 10.6. The van der Waals surface area contributed by atoms with Crippen LogP contribution in [0.25, 0.3) is 49.4 Å². The van der Waals surface area contributed by atoms with Gasteiger partial charge in [-0.05, 0) is 122 Å². The minimum absolute atomic E-state index is 0.0885. The summed E-state index contributed by atoms with van der Waals surface area (Å²) in [7, 11) is -7.34. The Morgan fingerprint density at radius 2 is 0.965 bits per heavy atom. The molecule has 4 aliphatic carbocycles. The SMILES string of the molecule is [C-]#[N+]c1cccc(N(C2=C3C=CC4=C5C(=CC=C(C=C2)C35)C(N(c2cccc(C#N)c2)c2ccc(-c3ccccc3[Si](C)(C)C)cc2-c2ccccc2[Si](C)(C)C)C=C4)c2ccc(-c3ccccc3[Si](C)(C)C)cc2-c2ccccc2[Si](C)(C)C)c1. The predicted octanol–water partition coefficient (Wildman–Crippen LogP) is 19.0. The Morgan fingerprint density at radius 3 is 1.52 bits per heavy atom. The molecule has 2 atom stereocenters. The Morgan fingerprint density at radius 1 is 0.453 bits per heavy atom. The Labute approximate surface area is 515 Å². The van der Waals surface area contributed by atoms with Crippen molar-refractivity contribution < 1.29 is 0 Å². The molecule has 2 unspecified atom stereocenters. The first-order chi connectivity index (χ1) is 41.1. The Balaban J connectivity index is 1.07. The van der Waals surface area contributed by atoms with Crippen molar-refractivity contribution in [3.63, 3.8) is 0 Å². The largest absolute Gasteiger partial charge is 0.330 e. The highest BCUT2D eigenvalue weighted by molar-refractivity contribution is 6.91. The van der Waals surface area contributed by atoms with Crippen LogP contribution in [0.3, 0.4) is 0 Å². The number of benzene rings is 8. The summed E-state index contributed by atoms with van der Waals surface area (Å²) in [5.41, 5.74) is 22.4. The van der Waals surface area contributed by atoms with Gasteiger partial charge in [0.05, 0.1) is 67.9 Å². The third kappa shape index (κ3) is 10.7. The third-order valence-electron chi connectivity index (χ3n) is 17.6. The predicted molar refractivity (Wildman–Crippen MR) is 380 cm³/mol. The summed E-state index contributed by atoms with van der Waals surface area (Å²) in [6.45, 7) is 37.7. The van der Waals surface area contributed by atoms with Crippen molar-refractivity contribution in [2.45, 2.75) is 84.6 Å². The van der Waals surface area contributed by atoms with Gasteiger partial charge in [0.1, 0.15) is 0 Å². The summed E-state index contributed by atoms with van der Waals surface area (Å²) in [6, 6.07) is 69.2. The average Bonchev–Trinajstić information content (AvgIpc) is 0.967. The van der Waals surface area contributed by atoms with E-state index in [0.29, 0.717) is 11.3 Å². The van der Waals surface area contributed by atoms with Crippen molar-refractivity contribution in [2.75, 3.05) is 9.80 Å². The van der Waals surface area contributed by atoms with E-state index in [0.717, 1.165) is 28.4 Å². The van der Waals surface area contributed by atoms with Crippen LogP contribution in [0.15, 0.2) is 264 Å². The topological polar surface area (TPSA) is 34.6 Å². The molecule has 0 bridgehead atoms.